The van der Waals surface area contributed by atoms with Crippen molar-refractivity contribution in [2.75, 3.05) is 0 Å². The second-order valence-corrected chi connectivity index (χ2v) is 5.15. The molecular formula is C12H18O2. The lowest BCUT2D eigenvalue weighted by Gasteiger charge is -2.49. The molecule has 1 aliphatic heterocycles. The van der Waals surface area contributed by atoms with Crippen LogP contribution in [0.1, 0.15) is 46.0 Å². The summed E-state index contributed by atoms with van der Waals surface area (Å²) in [7, 11) is 0. The van der Waals surface area contributed by atoms with Crippen molar-refractivity contribution in [3.8, 4) is 0 Å². The van der Waals surface area contributed by atoms with Crippen molar-refractivity contribution in [3.63, 3.8) is 0 Å². The molecule has 1 atom stereocenters. The molecule has 0 amide bonds. The highest BCUT2D eigenvalue weighted by Crippen LogP contribution is 2.49. The first-order valence-electron chi connectivity index (χ1n) is 5.43. The van der Waals surface area contributed by atoms with Crippen LogP contribution in [0, 0.1) is 5.41 Å². The number of ketones is 1. The van der Waals surface area contributed by atoms with Gasteiger partial charge in [-0.05, 0) is 19.3 Å². The van der Waals surface area contributed by atoms with Crippen molar-refractivity contribution in [2.24, 2.45) is 5.41 Å². The van der Waals surface area contributed by atoms with E-state index in [9.17, 15) is 4.79 Å². The number of carbonyl (C=O) groups is 1. The Bertz CT molecular complexity index is 278. The van der Waals surface area contributed by atoms with Crippen molar-refractivity contribution < 1.29 is 9.53 Å². The average Bonchev–Trinajstić information content (AvgIpc) is 2.11. The minimum Gasteiger partial charge on any atom is -0.494 e. The molecule has 14 heavy (non-hydrogen) atoms. The van der Waals surface area contributed by atoms with Crippen molar-refractivity contribution in [1.29, 1.82) is 0 Å². The number of rotatable bonds is 0. The van der Waals surface area contributed by atoms with Crippen LogP contribution in [0.15, 0.2) is 12.3 Å². The zero-order valence-corrected chi connectivity index (χ0v) is 9.01. The minimum absolute atomic E-state index is 0.131. The number of hydrogen-bond donors (Lipinski definition) is 0. The molecule has 0 radical (unpaired) electrons. The highest BCUT2D eigenvalue weighted by Gasteiger charge is 2.50. The third-order valence-electron chi connectivity index (χ3n) is 3.87. The summed E-state index contributed by atoms with van der Waals surface area (Å²) in [6.45, 7) is 4.44. The first-order chi connectivity index (χ1) is 6.56. The van der Waals surface area contributed by atoms with Gasteiger partial charge in [-0.3, -0.25) is 4.79 Å². The molecule has 2 nitrogen and oxygen atoms in total. The van der Waals surface area contributed by atoms with Crippen LogP contribution < -0.4 is 0 Å². The maximum Gasteiger partial charge on any atom is 0.162 e. The van der Waals surface area contributed by atoms with E-state index < -0.39 is 0 Å². The second kappa shape index (κ2) is 3.11. The summed E-state index contributed by atoms with van der Waals surface area (Å²) in [5.41, 5.74) is -0.0806. The van der Waals surface area contributed by atoms with Crippen LogP contribution >= 0.6 is 0 Å². The lowest BCUT2D eigenvalue weighted by Crippen LogP contribution is -2.50. The average molecular weight is 194 g/mol. The van der Waals surface area contributed by atoms with Crippen LogP contribution in [0.2, 0.25) is 0 Å². The van der Waals surface area contributed by atoms with E-state index in [1.54, 1.807) is 12.3 Å². The van der Waals surface area contributed by atoms with Gasteiger partial charge in [0.2, 0.25) is 0 Å². The van der Waals surface area contributed by atoms with Gasteiger partial charge in [0.25, 0.3) is 0 Å². The Morgan fingerprint density at radius 3 is 2.64 bits per heavy atom. The summed E-state index contributed by atoms with van der Waals surface area (Å²) >= 11 is 0. The molecule has 1 fully saturated rings. The van der Waals surface area contributed by atoms with Crippen LogP contribution in [-0.4, -0.2) is 11.4 Å². The Hall–Kier alpha value is -0.790. The molecule has 2 rings (SSSR count). The van der Waals surface area contributed by atoms with Gasteiger partial charge in [-0.2, -0.15) is 0 Å². The summed E-state index contributed by atoms with van der Waals surface area (Å²) < 4.78 is 5.79. The molecule has 78 valence electrons. The van der Waals surface area contributed by atoms with Crippen molar-refractivity contribution >= 4 is 5.78 Å². The van der Waals surface area contributed by atoms with E-state index in [-0.39, 0.29) is 16.8 Å². The van der Waals surface area contributed by atoms with Crippen LogP contribution in [-0.2, 0) is 9.53 Å². The quantitative estimate of drug-likeness (QED) is 0.592. The van der Waals surface area contributed by atoms with Gasteiger partial charge >= 0.3 is 0 Å². The Balaban J connectivity index is 2.28. The van der Waals surface area contributed by atoms with Crippen LogP contribution in [0.4, 0.5) is 0 Å². The molecule has 0 aromatic rings. The van der Waals surface area contributed by atoms with Gasteiger partial charge in [0.15, 0.2) is 5.78 Å². The van der Waals surface area contributed by atoms with Crippen molar-refractivity contribution in [3.05, 3.63) is 12.3 Å². The lowest BCUT2D eigenvalue weighted by atomic mass is 9.63. The summed E-state index contributed by atoms with van der Waals surface area (Å²) in [5.74, 6) is 0.214. The van der Waals surface area contributed by atoms with Gasteiger partial charge in [-0.15, -0.1) is 0 Å². The van der Waals surface area contributed by atoms with E-state index in [4.69, 9.17) is 4.74 Å². The first kappa shape index (κ1) is 9.75. The van der Waals surface area contributed by atoms with E-state index in [0.717, 1.165) is 12.8 Å². The third kappa shape index (κ3) is 1.37. The number of allylic oxidation sites excluding steroid dienone is 1. The summed E-state index contributed by atoms with van der Waals surface area (Å²) in [6.07, 6.45) is 8.34. The molecule has 1 saturated carbocycles. The predicted molar refractivity (Wildman–Crippen MR) is 54.8 cm³/mol. The van der Waals surface area contributed by atoms with Gasteiger partial charge < -0.3 is 4.74 Å². The maximum absolute atomic E-state index is 11.5. The first-order valence-corrected chi connectivity index (χ1v) is 5.43. The van der Waals surface area contributed by atoms with Crippen LogP contribution in [0.3, 0.4) is 0 Å². The topological polar surface area (TPSA) is 26.3 Å². The van der Waals surface area contributed by atoms with Crippen molar-refractivity contribution in [2.45, 2.75) is 51.6 Å². The molecule has 1 heterocycles. The molecule has 2 aliphatic rings. The van der Waals surface area contributed by atoms with Gasteiger partial charge in [0.1, 0.15) is 5.60 Å². The Morgan fingerprint density at radius 1 is 1.29 bits per heavy atom. The Labute approximate surface area is 85.3 Å². The van der Waals surface area contributed by atoms with E-state index >= 15 is 0 Å². The number of carbonyl (C=O) groups excluding carboxylic acids is 1. The number of ether oxygens (including phenoxy) is 1. The molecular weight excluding hydrogens is 176 g/mol. The van der Waals surface area contributed by atoms with E-state index in [2.05, 4.69) is 13.8 Å². The largest absolute Gasteiger partial charge is 0.494 e. The zero-order valence-electron chi connectivity index (χ0n) is 9.01. The second-order valence-electron chi connectivity index (χ2n) is 5.15. The lowest BCUT2D eigenvalue weighted by molar-refractivity contribution is -0.142. The summed E-state index contributed by atoms with van der Waals surface area (Å²) in [5, 5.41) is 0. The maximum atomic E-state index is 11.5. The Morgan fingerprint density at radius 2 is 2.00 bits per heavy atom. The fourth-order valence-corrected chi connectivity index (χ4v) is 2.71. The number of hydrogen-bond acceptors (Lipinski definition) is 2. The standard InChI is InChI=1S/C12H18O2/c1-11(2)6-3-4-7-12(11)9-10(13)5-8-14-12/h5,8H,3-4,6-7,9H2,1-2H3. The van der Waals surface area contributed by atoms with Crippen LogP contribution in [0.25, 0.3) is 0 Å². The normalized spacial score (nSPS) is 35.7. The molecule has 0 N–H and O–H groups in total. The predicted octanol–water partition coefficient (Wildman–Crippen LogP) is 2.83. The van der Waals surface area contributed by atoms with E-state index in [0.29, 0.717) is 6.42 Å². The molecule has 0 saturated heterocycles. The fraction of sp³-hybridized carbons (Fsp3) is 0.750. The Kier molecular flexibility index (Phi) is 2.17. The monoisotopic (exact) mass is 194 g/mol. The van der Waals surface area contributed by atoms with Gasteiger partial charge in [-0.25, -0.2) is 0 Å². The molecule has 2 heteroatoms. The fourth-order valence-electron chi connectivity index (χ4n) is 2.71. The SMILES string of the molecule is CC1(C)CCCCC12CC(=O)C=CO2. The molecule has 0 bridgehead atoms. The van der Waals surface area contributed by atoms with Gasteiger partial charge in [0, 0.05) is 11.5 Å². The molecule has 1 spiro atoms. The molecule has 0 aromatic carbocycles. The van der Waals surface area contributed by atoms with E-state index in [1.165, 1.54) is 12.8 Å². The highest BCUT2D eigenvalue weighted by molar-refractivity contribution is 5.91. The van der Waals surface area contributed by atoms with Crippen LogP contribution in [0.5, 0.6) is 0 Å². The summed E-state index contributed by atoms with van der Waals surface area (Å²) in [6, 6.07) is 0. The van der Waals surface area contributed by atoms with E-state index in [1.807, 2.05) is 0 Å². The summed E-state index contributed by atoms with van der Waals surface area (Å²) in [4.78, 5) is 11.5. The minimum atomic E-state index is -0.211. The zero-order chi connectivity index (χ0) is 10.2. The van der Waals surface area contributed by atoms with Gasteiger partial charge in [-0.1, -0.05) is 20.3 Å². The molecule has 0 aromatic heterocycles. The highest BCUT2D eigenvalue weighted by atomic mass is 16.5. The molecule has 1 aliphatic carbocycles. The smallest absolute Gasteiger partial charge is 0.162 e. The third-order valence-corrected chi connectivity index (χ3v) is 3.87. The van der Waals surface area contributed by atoms with Crippen molar-refractivity contribution in [1.82, 2.24) is 0 Å². The van der Waals surface area contributed by atoms with Gasteiger partial charge in [0.05, 0.1) is 12.7 Å². The molecule has 1 unspecified atom stereocenters.